The summed E-state index contributed by atoms with van der Waals surface area (Å²) in [4.78, 5) is 4.96. The summed E-state index contributed by atoms with van der Waals surface area (Å²) in [7, 11) is 0. The molecule has 0 amide bonds. The van der Waals surface area contributed by atoms with E-state index in [1.807, 2.05) is 53.0 Å². The van der Waals surface area contributed by atoms with Gasteiger partial charge in [-0.25, -0.2) is 4.98 Å². The van der Waals surface area contributed by atoms with Crippen molar-refractivity contribution in [2.45, 2.75) is 12.3 Å². The van der Waals surface area contributed by atoms with Crippen LogP contribution in [0, 0.1) is 0 Å². The van der Waals surface area contributed by atoms with Crippen molar-refractivity contribution in [1.29, 1.82) is 0 Å². The standard InChI is InChI=1S/C25H19ClN4/c26-17-19-11-13-20(14-12-19)22-16-23-25(21-9-5-2-6-10-21)28-29-30(23)24(27-22)15-18-7-3-1-4-8-18/h1-14,16H,15,17H2. The number of rotatable bonds is 5. The third-order valence-electron chi connectivity index (χ3n) is 5.13. The summed E-state index contributed by atoms with van der Waals surface area (Å²) in [6.45, 7) is 0. The maximum atomic E-state index is 5.96. The van der Waals surface area contributed by atoms with Crippen molar-refractivity contribution < 1.29 is 0 Å². The molecule has 0 saturated heterocycles. The molecule has 2 aromatic heterocycles. The third kappa shape index (κ3) is 3.58. The van der Waals surface area contributed by atoms with E-state index in [0.717, 1.165) is 39.4 Å². The zero-order valence-corrected chi connectivity index (χ0v) is 17.0. The van der Waals surface area contributed by atoms with Gasteiger partial charge in [-0.2, -0.15) is 4.52 Å². The van der Waals surface area contributed by atoms with Gasteiger partial charge in [0.15, 0.2) is 0 Å². The van der Waals surface area contributed by atoms with Crippen LogP contribution in [-0.2, 0) is 12.3 Å². The number of hydrogen-bond donors (Lipinski definition) is 0. The number of fused-ring (bicyclic) bond motifs is 1. The second kappa shape index (κ2) is 8.09. The van der Waals surface area contributed by atoms with Crippen molar-refractivity contribution in [2.75, 3.05) is 0 Å². The van der Waals surface area contributed by atoms with Crippen molar-refractivity contribution in [1.82, 2.24) is 19.8 Å². The molecular weight excluding hydrogens is 392 g/mol. The van der Waals surface area contributed by atoms with Gasteiger partial charge in [0.1, 0.15) is 11.5 Å². The maximum Gasteiger partial charge on any atom is 0.137 e. The Hall–Kier alpha value is -3.50. The van der Waals surface area contributed by atoms with Gasteiger partial charge in [0.25, 0.3) is 0 Å². The number of hydrogen-bond acceptors (Lipinski definition) is 3. The Morgan fingerprint density at radius 3 is 2.13 bits per heavy atom. The molecule has 0 aliphatic heterocycles. The van der Waals surface area contributed by atoms with E-state index in [4.69, 9.17) is 16.6 Å². The quantitative estimate of drug-likeness (QED) is 0.344. The molecular formula is C25H19ClN4. The lowest BCUT2D eigenvalue weighted by Crippen LogP contribution is -2.05. The summed E-state index contributed by atoms with van der Waals surface area (Å²) in [5.41, 5.74) is 7.03. The first-order valence-corrected chi connectivity index (χ1v) is 10.4. The molecule has 0 radical (unpaired) electrons. The molecule has 5 aromatic rings. The van der Waals surface area contributed by atoms with Crippen molar-refractivity contribution in [3.05, 3.63) is 108 Å². The molecule has 0 unspecified atom stereocenters. The van der Waals surface area contributed by atoms with Crippen LogP contribution < -0.4 is 0 Å². The monoisotopic (exact) mass is 410 g/mol. The highest BCUT2D eigenvalue weighted by atomic mass is 35.5. The Morgan fingerprint density at radius 1 is 0.733 bits per heavy atom. The van der Waals surface area contributed by atoms with Crippen LogP contribution in [0.2, 0.25) is 0 Å². The first-order chi connectivity index (χ1) is 14.8. The van der Waals surface area contributed by atoms with Gasteiger partial charge < -0.3 is 0 Å². The van der Waals surface area contributed by atoms with Gasteiger partial charge in [0.2, 0.25) is 0 Å². The average molecular weight is 411 g/mol. The Balaban J connectivity index is 1.69. The highest BCUT2D eigenvalue weighted by Crippen LogP contribution is 2.27. The number of aromatic nitrogens is 4. The summed E-state index contributed by atoms with van der Waals surface area (Å²) in [6, 6.07) is 30.7. The van der Waals surface area contributed by atoms with Crippen molar-refractivity contribution in [3.8, 4) is 22.5 Å². The second-order valence-electron chi connectivity index (χ2n) is 7.15. The van der Waals surface area contributed by atoms with Gasteiger partial charge >= 0.3 is 0 Å². The van der Waals surface area contributed by atoms with Crippen LogP contribution in [0.3, 0.4) is 0 Å². The molecule has 0 spiro atoms. The molecule has 0 saturated carbocycles. The molecule has 0 bridgehead atoms. The Labute approximate surface area is 179 Å². The van der Waals surface area contributed by atoms with E-state index < -0.39 is 0 Å². The Bertz CT molecular complexity index is 1280. The van der Waals surface area contributed by atoms with Crippen LogP contribution >= 0.6 is 11.6 Å². The molecule has 0 aliphatic rings. The average Bonchev–Trinajstić information content (AvgIpc) is 3.25. The van der Waals surface area contributed by atoms with E-state index in [0.29, 0.717) is 12.3 Å². The molecule has 0 N–H and O–H groups in total. The van der Waals surface area contributed by atoms with Gasteiger partial charge in [-0.15, -0.1) is 16.7 Å². The molecule has 4 nitrogen and oxygen atoms in total. The van der Waals surface area contributed by atoms with E-state index in [9.17, 15) is 0 Å². The molecule has 5 rings (SSSR count). The lowest BCUT2D eigenvalue weighted by atomic mass is 10.1. The number of nitrogens with zero attached hydrogens (tertiary/aromatic N) is 4. The summed E-state index contributed by atoms with van der Waals surface area (Å²) in [5, 5.41) is 8.93. The summed E-state index contributed by atoms with van der Waals surface area (Å²) in [5.74, 6) is 1.35. The zero-order valence-electron chi connectivity index (χ0n) is 16.2. The first-order valence-electron chi connectivity index (χ1n) is 9.82. The van der Waals surface area contributed by atoms with Gasteiger partial charge in [0, 0.05) is 23.4 Å². The number of alkyl halides is 1. The normalized spacial score (nSPS) is 11.1. The predicted octanol–water partition coefficient (Wildman–Crippen LogP) is 5.79. The fraction of sp³-hybridized carbons (Fsp3) is 0.0800. The minimum absolute atomic E-state index is 0.497. The maximum absolute atomic E-state index is 5.96. The Kier molecular flexibility index (Phi) is 4.99. The van der Waals surface area contributed by atoms with Crippen molar-refractivity contribution in [3.63, 3.8) is 0 Å². The topological polar surface area (TPSA) is 43.1 Å². The zero-order chi connectivity index (χ0) is 20.3. The van der Waals surface area contributed by atoms with Crippen LogP contribution in [0.4, 0.5) is 0 Å². The summed E-state index contributed by atoms with van der Waals surface area (Å²) in [6.07, 6.45) is 0.669. The smallest absolute Gasteiger partial charge is 0.137 e. The molecule has 0 atom stereocenters. The van der Waals surface area contributed by atoms with Crippen molar-refractivity contribution in [2.24, 2.45) is 0 Å². The molecule has 30 heavy (non-hydrogen) atoms. The van der Waals surface area contributed by atoms with E-state index in [-0.39, 0.29) is 0 Å². The number of halogens is 1. The number of benzene rings is 3. The Morgan fingerprint density at radius 2 is 1.43 bits per heavy atom. The van der Waals surface area contributed by atoms with Crippen LogP contribution in [0.25, 0.3) is 28.0 Å². The van der Waals surface area contributed by atoms with Gasteiger partial charge in [-0.05, 0) is 17.2 Å². The minimum atomic E-state index is 0.497. The minimum Gasteiger partial charge on any atom is -0.232 e. The fourth-order valence-electron chi connectivity index (χ4n) is 3.56. The third-order valence-corrected chi connectivity index (χ3v) is 5.44. The van der Waals surface area contributed by atoms with E-state index >= 15 is 0 Å². The van der Waals surface area contributed by atoms with E-state index in [1.54, 1.807) is 0 Å². The first kappa shape index (κ1) is 18.5. The largest absolute Gasteiger partial charge is 0.232 e. The lowest BCUT2D eigenvalue weighted by Gasteiger charge is -2.09. The van der Waals surface area contributed by atoms with Gasteiger partial charge in [-0.3, -0.25) is 0 Å². The summed E-state index contributed by atoms with van der Waals surface area (Å²) < 4.78 is 1.85. The molecule has 0 fully saturated rings. The molecule has 146 valence electrons. The highest BCUT2D eigenvalue weighted by Gasteiger charge is 2.15. The van der Waals surface area contributed by atoms with Crippen LogP contribution in [0.15, 0.2) is 91.0 Å². The van der Waals surface area contributed by atoms with E-state index in [1.165, 1.54) is 5.56 Å². The summed E-state index contributed by atoms with van der Waals surface area (Å²) >= 11 is 5.96. The molecule has 0 aliphatic carbocycles. The van der Waals surface area contributed by atoms with Gasteiger partial charge in [-0.1, -0.05) is 90.1 Å². The van der Waals surface area contributed by atoms with Crippen LogP contribution in [-0.4, -0.2) is 19.8 Å². The van der Waals surface area contributed by atoms with E-state index in [2.05, 4.69) is 52.8 Å². The van der Waals surface area contributed by atoms with Crippen LogP contribution in [0.1, 0.15) is 17.0 Å². The van der Waals surface area contributed by atoms with Gasteiger partial charge in [0.05, 0.1) is 11.2 Å². The highest BCUT2D eigenvalue weighted by molar-refractivity contribution is 6.17. The molecule has 3 aromatic carbocycles. The SMILES string of the molecule is ClCc1ccc(-c2cc3c(-c4ccccc4)nnn3c(Cc3ccccc3)n2)cc1. The lowest BCUT2D eigenvalue weighted by molar-refractivity contribution is 0.776. The molecule has 2 heterocycles. The predicted molar refractivity (Wildman–Crippen MR) is 120 cm³/mol. The van der Waals surface area contributed by atoms with Crippen LogP contribution in [0.5, 0.6) is 0 Å². The molecule has 5 heteroatoms. The second-order valence-corrected chi connectivity index (χ2v) is 7.42. The van der Waals surface area contributed by atoms with Crippen molar-refractivity contribution >= 4 is 17.1 Å². The fourth-order valence-corrected chi connectivity index (χ4v) is 3.74.